The minimum absolute atomic E-state index is 0.200. The zero-order chi connectivity index (χ0) is 17.7. The highest BCUT2D eigenvalue weighted by Crippen LogP contribution is 2.26. The molecule has 0 aliphatic heterocycles. The number of aryl methyl sites for hydroxylation is 1. The monoisotopic (exact) mass is 369 g/mol. The number of aromatic nitrogens is 3. The molecule has 2 rings (SSSR count). The first-order valence-corrected chi connectivity index (χ1v) is 8.89. The molecule has 0 amide bonds. The van der Waals surface area contributed by atoms with Gasteiger partial charge in [0.15, 0.2) is 17.1 Å². The van der Waals surface area contributed by atoms with Crippen LogP contribution in [0.25, 0.3) is 0 Å². The molecule has 0 fully saturated rings. The van der Waals surface area contributed by atoms with Gasteiger partial charge in [0.1, 0.15) is 5.75 Å². The summed E-state index contributed by atoms with van der Waals surface area (Å²) >= 11 is 7.31. The van der Waals surface area contributed by atoms with E-state index in [0.717, 1.165) is 5.56 Å². The number of rotatable bonds is 7. The largest absolute Gasteiger partial charge is 0.483 e. The fraction of sp³-hybridized carbons (Fsp3) is 0.438. The highest BCUT2D eigenvalue weighted by molar-refractivity contribution is 7.99. The maximum atomic E-state index is 11.4. The minimum atomic E-state index is -0.292. The van der Waals surface area contributed by atoms with Crippen molar-refractivity contribution in [2.45, 2.75) is 32.0 Å². The number of hydrogen-bond donors (Lipinski definition) is 0. The van der Waals surface area contributed by atoms with Crippen LogP contribution >= 0.6 is 23.4 Å². The molecule has 1 heterocycles. The van der Waals surface area contributed by atoms with E-state index >= 15 is 0 Å². The van der Waals surface area contributed by atoms with Gasteiger partial charge in [-0.2, -0.15) is 0 Å². The van der Waals surface area contributed by atoms with E-state index < -0.39 is 0 Å². The Morgan fingerprint density at radius 1 is 1.42 bits per heavy atom. The summed E-state index contributed by atoms with van der Waals surface area (Å²) in [5.74, 6) is 1.32. The SMILES string of the molecule is CCOC(=O)CSc1nnc(C(C)Oc2ccc(Cl)c(C)c2)n1C. The standard InChI is InChI=1S/C16H20ClN3O3S/c1-5-22-14(21)9-24-16-19-18-15(20(16)4)11(3)23-12-6-7-13(17)10(2)8-12/h6-8,11H,5,9H2,1-4H3. The van der Waals surface area contributed by atoms with Crippen molar-refractivity contribution in [1.29, 1.82) is 0 Å². The van der Waals surface area contributed by atoms with Crippen molar-refractivity contribution in [3.8, 4) is 5.75 Å². The number of ether oxygens (including phenoxy) is 2. The number of thioether (sulfide) groups is 1. The fourth-order valence-corrected chi connectivity index (χ4v) is 2.91. The van der Waals surface area contributed by atoms with Crippen molar-refractivity contribution in [3.63, 3.8) is 0 Å². The van der Waals surface area contributed by atoms with Crippen molar-refractivity contribution in [2.75, 3.05) is 12.4 Å². The molecule has 1 atom stereocenters. The molecule has 0 saturated heterocycles. The Labute approximate surface area is 150 Å². The number of hydrogen-bond acceptors (Lipinski definition) is 6. The molecule has 8 heteroatoms. The third-order valence-electron chi connectivity index (χ3n) is 3.30. The smallest absolute Gasteiger partial charge is 0.316 e. The number of esters is 1. The second-order valence-electron chi connectivity index (χ2n) is 5.16. The van der Waals surface area contributed by atoms with Crippen LogP contribution in [0.1, 0.15) is 31.3 Å². The Hall–Kier alpha value is -1.73. The van der Waals surface area contributed by atoms with Gasteiger partial charge in [0.05, 0.1) is 12.4 Å². The molecule has 0 radical (unpaired) electrons. The molecule has 6 nitrogen and oxygen atoms in total. The van der Waals surface area contributed by atoms with Crippen molar-refractivity contribution >= 4 is 29.3 Å². The Morgan fingerprint density at radius 2 is 2.17 bits per heavy atom. The molecule has 24 heavy (non-hydrogen) atoms. The van der Waals surface area contributed by atoms with Crippen molar-refractivity contribution in [3.05, 3.63) is 34.6 Å². The van der Waals surface area contributed by atoms with Crippen LogP contribution in [0.5, 0.6) is 5.75 Å². The third kappa shape index (κ3) is 4.64. The van der Waals surface area contributed by atoms with Crippen LogP contribution in [-0.4, -0.2) is 33.1 Å². The van der Waals surface area contributed by atoms with Crippen LogP contribution < -0.4 is 4.74 Å². The maximum absolute atomic E-state index is 11.4. The van der Waals surface area contributed by atoms with Gasteiger partial charge in [-0.1, -0.05) is 23.4 Å². The highest BCUT2D eigenvalue weighted by atomic mass is 35.5. The van der Waals surface area contributed by atoms with Crippen molar-refractivity contribution in [1.82, 2.24) is 14.8 Å². The van der Waals surface area contributed by atoms with E-state index in [0.29, 0.717) is 28.4 Å². The Bertz CT molecular complexity index is 721. The Morgan fingerprint density at radius 3 is 2.83 bits per heavy atom. The van der Waals surface area contributed by atoms with E-state index in [2.05, 4.69) is 10.2 Å². The van der Waals surface area contributed by atoms with Gasteiger partial charge in [-0.05, 0) is 44.5 Å². The average Bonchev–Trinajstić information content (AvgIpc) is 2.90. The Kier molecular flexibility index (Phi) is 6.51. The van der Waals surface area contributed by atoms with E-state index in [1.807, 2.05) is 37.6 Å². The van der Waals surface area contributed by atoms with Crippen molar-refractivity contribution in [2.24, 2.45) is 7.05 Å². The molecule has 0 saturated carbocycles. The van der Waals surface area contributed by atoms with Gasteiger partial charge in [0.25, 0.3) is 0 Å². The first-order chi connectivity index (χ1) is 11.4. The van der Waals surface area contributed by atoms with Crippen molar-refractivity contribution < 1.29 is 14.3 Å². The Balaban J connectivity index is 2.03. The molecular formula is C16H20ClN3O3S. The summed E-state index contributed by atoms with van der Waals surface area (Å²) < 4.78 is 12.6. The lowest BCUT2D eigenvalue weighted by Crippen LogP contribution is -2.11. The number of halogens is 1. The van der Waals surface area contributed by atoms with Gasteiger partial charge in [-0.25, -0.2) is 0 Å². The van der Waals surface area contributed by atoms with Crippen LogP contribution in [-0.2, 0) is 16.6 Å². The summed E-state index contributed by atoms with van der Waals surface area (Å²) in [4.78, 5) is 11.4. The summed E-state index contributed by atoms with van der Waals surface area (Å²) in [6, 6.07) is 5.50. The van der Waals surface area contributed by atoms with E-state index in [1.165, 1.54) is 11.8 Å². The van der Waals surface area contributed by atoms with E-state index in [1.54, 1.807) is 13.0 Å². The van der Waals surface area contributed by atoms with Gasteiger partial charge < -0.3 is 14.0 Å². The van der Waals surface area contributed by atoms with Gasteiger partial charge in [0, 0.05) is 12.1 Å². The van der Waals surface area contributed by atoms with Gasteiger partial charge in [-0.3, -0.25) is 4.79 Å². The number of carbonyl (C=O) groups is 1. The second kappa shape index (κ2) is 8.39. The first kappa shape index (κ1) is 18.6. The lowest BCUT2D eigenvalue weighted by atomic mass is 10.2. The van der Waals surface area contributed by atoms with Gasteiger partial charge >= 0.3 is 5.97 Å². The molecule has 0 aliphatic carbocycles. The average molecular weight is 370 g/mol. The zero-order valence-electron chi connectivity index (χ0n) is 14.1. The molecule has 1 unspecified atom stereocenters. The number of nitrogens with zero attached hydrogens (tertiary/aromatic N) is 3. The van der Waals surface area contributed by atoms with E-state index in [9.17, 15) is 4.79 Å². The van der Waals surface area contributed by atoms with Crippen LogP contribution in [0.4, 0.5) is 0 Å². The topological polar surface area (TPSA) is 66.2 Å². The lowest BCUT2D eigenvalue weighted by Gasteiger charge is -2.15. The summed E-state index contributed by atoms with van der Waals surface area (Å²) in [5, 5.41) is 9.61. The molecular weight excluding hydrogens is 350 g/mol. The van der Waals surface area contributed by atoms with E-state index in [4.69, 9.17) is 21.1 Å². The van der Waals surface area contributed by atoms with Crippen LogP contribution in [0.15, 0.2) is 23.4 Å². The fourth-order valence-electron chi connectivity index (χ4n) is 2.08. The summed E-state index contributed by atoms with van der Waals surface area (Å²) in [5.41, 5.74) is 0.949. The number of carbonyl (C=O) groups excluding carboxylic acids is 1. The molecule has 2 aromatic rings. The molecule has 1 aromatic carbocycles. The minimum Gasteiger partial charge on any atom is -0.483 e. The normalized spacial score (nSPS) is 12.0. The molecule has 0 bridgehead atoms. The maximum Gasteiger partial charge on any atom is 0.316 e. The molecule has 0 N–H and O–H groups in total. The molecule has 0 aliphatic rings. The molecule has 130 valence electrons. The zero-order valence-corrected chi connectivity index (χ0v) is 15.6. The van der Waals surface area contributed by atoms with Gasteiger partial charge in [-0.15, -0.1) is 10.2 Å². The summed E-state index contributed by atoms with van der Waals surface area (Å²) in [7, 11) is 1.84. The predicted octanol–water partition coefficient (Wildman–Crippen LogP) is 3.57. The van der Waals surface area contributed by atoms with Crippen LogP contribution in [0.3, 0.4) is 0 Å². The molecule has 1 aromatic heterocycles. The third-order valence-corrected chi connectivity index (χ3v) is 4.72. The second-order valence-corrected chi connectivity index (χ2v) is 6.51. The van der Waals surface area contributed by atoms with Crippen LogP contribution in [0.2, 0.25) is 5.02 Å². The van der Waals surface area contributed by atoms with E-state index in [-0.39, 0.29) is 17.8 Å². The summed E-state index contributed by atoms with van der Waals surface area (Å²) in [6.07, 6.45) is -0.292. The highest BCUT2D eigenvalue weighted by Gasteiger charge is 2.18. The first-order valence-electron chi connectivity index (χ1n) is 7.52. The van der Waals surface area contributed by atoms with Gasteiger partial charge in [0.2, 0.25) is 0 Å². The van der Waals surface area contributed by atoms with Crippen LogP contribution in [0, 0.1) is 6.92 Å². The predicted molar refractivity (Wildman–Crippen MR) is 93.6 cm³/mol. The quantitative estimate of drug-likeness (QED) is 0.549. The number of benzene rings is 1. The lowest BCUT2D eigenvalue weighted by molar-refractivity contribution is -0.139. The molecule has 0 spiro atoms. The summed E-state index contributed by atoms with van der Waals surface area (Å²) in [6.45, 7) is 5.97.